The first kappa shape index (κ1) is 64.1. The van der Waals surface area contributed by atoms with Crippen LogP contribution in [0.25, 0.3) is 135 Å². The third-order valence-corrected chi connectivity index (χ3v) is 24.2. The molecule has 6 nitrogen and oxygen atoms in total. The van der Waals surface area contributed by atoms with Gasteiger partial charge in [-0.05, 0) is 146 Å². The molecular formula is C96H82N6. The Bertz CT molecular complexity index is 5550. The summed E-state index contributed by atoms with van der Waals surface area (Å²) in [7, 11) is 0. The Hall–Kier alpha value is -11.3. The van der Waals surface area contributed by atoms with Gasteiger partial charge >= 0.3 is 0 Å². The maximum Gasteiger partial charge on any atom is 0.164 e. The standard InChI is InChI=1S/2C48H41N3/c1-46(2)40-29-33(24-25-35(40)36-26-27-39-41(42(36)46)37-22-13-14-23-38(37)47(3,4)48(39,5)6)32-20-15-21-34(28-32)45-50-43(30-16-9-7-10-17-30)49-44(51-45)31-18-11-8-12-19-31;1-46(2)39-28-27-36-35-19-13-14-20-38(35)47(3,4)48(5,6)42(36)41(39)37-26-25-34(29-40(37)46)30-21-23-33(24-22-30)45-50-43(31-15-9-7-10-16-31)49-44(51-45)32-17-11-8-12-18-32/h2*7-29H,1-6H3. The van der Waals surface area contributed by atoms with Gasteiger partial charge in [-0.15, -0.1) is 0 Å². The first-order valence-corrected chi connectivity index (χ1v) is 35.9. The molecule has 0 saturated heterocycles. The highest BCUT2D eigenvalue weighted by molar-refractivity contribution is 5.95. The molecule has 0 unspecified atom stereocenters. The molecule has 0 radical (unpaired) electrons. The molecule has 0 bridgehead atoms. The molecule has 0 atom stereocenters. The van der Waals surface area contributed by atoms with Crippen LogP contribution < -0.4 is 0 Å². The van der Waals surface area contributed by atoms with E-state index in [-0.39, 0.29) is 32.5 Å². The Morgan fingerprint density at radius 1 is 0.176 bits per heavy atom. The van der Waals surface area contributed by atoms with Gasteiger partial charge in [0.05, 0.1) is 0 Å². The maximum atomic E-state index is 5.00. The average Bonchev–Trinajstić information content (AvgIpc) is 1.31. The van der Waals surface area contributed by atoms with Crippen molar-refractivity contribution in [3.63, 3.8) is 0 Å². The fourth-order valence-corrected chi connectivity index (χ4v) is 17.1. The predicted octanol–water partition coefficient (Wildman–Crippen LogP) is 24.2. The Morgan fingerprint density at radius 2 is 0.480 bits per heavy atom. The van der Waals surface area contributed by atoms with Gasteiger partial charge in [-0.2, -0.15) is 0 Å². The largest absolute Gasteiger partial charge is 0.208 e. The quantitative estimate of drug-likeness (QED) is 0.151. The van der Waals surface area contributed by atoms with Gasteiger partial charge in [0.25, 0.3) is 0 Å². The molecule has 0 amide bonds. The minimum atomic E-state index is -0.183. The van der Waals surface area contributed by atoms with Crippen molar-refractivity contribution >= 4 is 0 Å². The number of hydrogen-bond donors (Lipinski definition) is 0. The van der Waals surface area contributed by atoms with E-state index in [1.54, 1.807) is 0 Å². The number of hydrogen-bond acceptors (Lipinski definition) is 6. The molecule has 102 heavy (non-hydrogen) atoms. The molecule has 14 aromatic rings. The van der Waals surface area contributed by atoms with E-state index in [1.807, 2.05) is 121 Å². The van der Waals surface area contributed by atoms with Crippen LogP contribution in [0.2, 0.25) is 0 Å². The van der Waals surface area contributed by atoms with E-state index in [0.717, 1.165) is 38.9 Å². The lowest BCUT2D eigenvalue weighted by molar-refractivity contribution is 0.298. The third kappa shape index (κ3) is 10.0. The summed E-state index contributed by atoms with van der Waals surface area (Å²) in [6, 6.07) is 99.7. The summed E-state index contributed by atoms with van der Waals surface area (Å²) < 4.78 is 0. The zero-order valence-corrected chi connectivity index (χ0v) is 60.2. The Labute approximate surface area is 600 Å². The fourth-order valence-electron chi connectivity index (χ4n) is 17.1. The second kappa shape index (κ2) is 23.6. The van der Waals surface area contributed by atoms with Gasteiger partial charge in [0.2, 0.25) is 0 Å². The summed E-state index contributed by atoms with van der Waals surface area (Å²) in [5, 5.41) is 0. The van der Waals surface area contributed by atoms with Crippen LogP contribution in [0.4, 0.5) is 0 Å². The molecule has 0 N–H and O–H groups in total. The van der Waals surface area contributed by atoms with Gasteiger partial charge in [-0.3, -0.25) is 0 Å². The molecule has 0 aliphatic heterocycles. The normalized spacial score (nSPS) is 15.7. The lowest BCUT2D eigenvalue weighted by Gasteiger charge is -2.49. The van der Waals surface area contributed by atoms with E-state index in [4.69, 9.17) is 29.9 Å². The highest BCUT2D eigenvalue weighted by atomic mass is 15.0. The van der Waals surface area contributed by atoms with Crippen LogP contribution in [0.5, 0.6) is 0 Å². The first-order valence-electron chi connectivity index (χ1n) is 35.9. The highest BCUT2D eigenvalue weighted by Crippen LogP contribution is 2.63. The van der Waals surface area contributed by atoms with Crippen LogP contribution in [0, 0.1) is 0 Å². The molecule has 18 rings (SSSR count). The predicted molar refractivity (Wildman–Crippen MR) is 421 cm³/mol. The maximum absolute atomic E-state index is 5.00. The second-order valence-corrected chi connectivity index (χ2v) is 31.4. The third-order valence-electron chi connectivity index (χ3n) is 24.2. The summed E-state index contributed by atoms with van der Waals surface area (Å²) in [5.41, 5.74) is 32.5. The van der Waals surface area contributed by atoms with Gasteiger partial charge < -0.3 is 0 Å². The van der Waals surface area contributed by atoms with Gasteiger partial charge in [0.15, 0.2) is 34.9 Å². The van der Waals surface area contributed by atoms with Crippen molar-refractivity contribution < 1.29 is 0 Å². The lowest BCUT2D eigenvalue weighted by Crippen LogP contribution is -2.44. The molecule has 0 fully saturated rings. The van der Waals surface area contributed by atoms with E-state index >= 15 is 0 Å². The van der Waals surface area contributed by atoms with Crippen molar-refractivity contribution in [1.29, 1.82) is 0 Å². The molecule has 4 aliphatic carbocycles. The van der Waals surface area contributed by atoms with Crippen LogP contribution >= 0.6 is 0 Å². The minimum Gasteiger partial charge on any atom is -0.208 e. The Morgan fingerprint density at radius 3 is 1.00 bits per heavy atom. The van der Waals surface area contributed by atoms with E-state index < -0.39 is 0 Å². The topological polar surface area (TPSA) is 77.3 Å². The molecule has 0 spiro atoms. The van der Waals surface area contributed by atoms with E-state index in [2.05, 4.69) is 241 Å². The lowest BCUT2D eigenvalue weighted by atomic mass is 9.54. The number of benzene rings is 12. The monoisotopic (exact) mass is 1320 g/mol. The van der Waals surface area contributed by atoms with Crippen LogP contribution in [-0.4, -0.2) is 29.9 Å². The first-order chi connectivity index (χ1) is 49.1. The van der Waals surface area contributed by atoms with Crippen LogP contribution in [-0.2, 0) is 32.5 Å². The Balaban J connectivity index is 0.000000152. The van der Waals surface area contributed by atoms with Crippen molar-refractivity contribution in [1.82, 2.24) is 29.9 Å². The number of rotatable bonds is 8. The average molecular weight is 1320 g/mol. The van der Waals surface area contributed by atoms with Crippen molar-refractivity contribution in [2.45, 2.75) is 116 Å². The molecule has 2 aromatic heterocycles. The van der Waals surface area contributed by atoms with E-state index in [1.165, 1.54) is 106 Å². The summed E-state index contributed by atoms with van der Waals surface area (Å²) in [6.45, 7) is 29.0. The summed E-state index contributed by atoms with van der Waals surface area (Å²) in [6.07, 6.45) is 0. The number of fused-ring (bicyclic) bond motifs is 14. The zero-order valence-electron chi connectivity index (χ0n) is 60.2. The fraction of sp³-hybridized carbons (Fsp3) is 0.188. The van der Waals surface area contributed by atoms with Crippen LogP contribution in [0.15, 0.2) is 279 Å². The molecule has 2 heterocycles. The highest BCUT2D eigenvalue weighted by Gasteiger charge is 2.52. The molecular weight excluding hydrogens is 1240 g/mol. The Kier molecular flexibility index (Phi) is 14.8. The molecule has 0 saturated carbocycles. The van der Waals surface area contributed by atoms with Crippen molar-refractivity contribution in [3.8, 4) is 135 Å². The summed E-state index contributed by atoms with van der Waals surface area (Å²) in [4.78, 5) is 29.6. The van der Waals surface area contributed by atoms with Crippen LogP contribution in [0.1, 0.15) is 128 Å². The van der Waals surface area contributed by atoms with Crippen molar-refractivity contribution in [2.75, 3.05) is 0 Å². The number of nitrogens with zero attached hydrogens (tertiary/aromatic N) is 6. The molecule has 6 heteroatoms. The van der Waals surface area contributed by atoms with Crippen molar-refractivity contribution in [3.05, 3.63) is 324 Å². The van der Waals surface area contributed by atoms with Gasteiger partial charge in [0.1, 0.15) is 0 Å². The van der Waals surface area contributed by atoms with Crippen LogP contribution in [0.3, 0.4) is 0 Å². The molecule has 12 aromatic carbocycles. The van der Waals surface area contributed by atoms with Gasteiger partial charge in [0, 0.05) is 49.6 Å². The second-order valence-electron chi connectivity index (χ2n) is 31.4. The van der Waals surface area contributed by atoms with E-state index in [0.29, 0.717) is 34.9 Å². The zero-order chi connectivity index (χ0) is 70.2. The summed E-state index contributed by atoms with van der Waals surface area (Å²) >= 11 is 0. The summed E-state index contributed by atoms with van der Waals surface area (Å²) in [5.74, 6) is 3.99. The smallest absolute Gasteiger partial charge is 0.164 e. The van der Waals surface area contributed by atoms with E-state index in [9.17, 15) is 0 Å². The minimum absolute atomic E-state index is 0.000858. The van der Waals surface area contributed by atoms with Gasteiger partial charge in [-0.25, -0.2) is 29.9 Å². The molecule has 496 valence electrons. The molecule has 4 aliphatic rings. The van der Waals surface area contributed by atoms with Gasteiger partial charge in [-0.1, -0.05) is 344 Å². The van der Waals surface area contributed by atoms with Crippen molar-refractivity contribution in [2.24, 2.45) is 0 Å². The SMILES string of the molecule is CC1(C)c2cc(-c3ccc(-c4nc(-c5ccccc5)nc(-c5ccccc5)n4)cc3)ccc2-c2c1ccc1c2C(C)(C)C(C)(C)c2ccccc2-1.CC1(C)c2cc(-c3cccc(-c4nc(-c5ccccc5)nc(-c5ccccc5)n4)c3)ccc2-c2ccc3c(c21)-c1ccccc1C(C)(C)C3(C)C. The number of aromatic nitrogens is 6.